The van der Waals surface area contributed by atoms with Gasteiger partial charge in [-0.2, -0.15) is 0 Å². The molecule has 1 aromatic carbocycles. The summed E-state index contributed by atoms with van der Waals surface area (Å²) in [6.45, 7) is 0.510. The number of nitrogens with zero attached hydrogens (tertiary/aromatic N) is 2. The van der Waals surface area contributed by atoms with Gasteiger partial charge in [0.2, 0.25) is 10.0 Å². The highest BCUT2D eigenvalue weighted by Gasteiger charge is 2.22. The molecule has 1 amide bonds. The van der Waals surface area contributed by atoms with E-state index in [0.717, 1.165) is 31.6 Å². The quantitative estimate of drug-likeness (QED) is 0.727. The van der Waals surface area contributed by atoms with Gasteiger partial charge in [0.1, 0.15) is 16.5 Å². The van der Waals surface area contributed by atoms with E-state index in [1.165, 1.54) is 18.2 Å². The van der Waals surface area contributed by atoms with Crippen LogP contribution in [0.5, 0.6) is 5.75 Å². The van der Waals surface area contributed by atoms with Crippen molar-refractivity contribution in [3.63, 3.8) is 0 Å². The highest BCUT2D eigenvalue weighted by atomic mass is 35.5. The lowest BCUT2D eigenvalue weighted by Crippen LogP contribution is -2.25. The number of sulfonamides is 1. The highest BCUT2D eigenvalue weighted by Crippen LogP contribution is 2.27. The summed E-state index contributed by atoms with van der Waals surface area (Å²) in [5.41, 5.74) is 5.69. The number of carbonyl (C=O) groups is 1. The van der Waals surface area contributed by atoms with Crippen LogP contribution in [0.25, 0.3) is 0 Å². The number of carbonyl (C=O) groups excluding carboxylic acids is 1. The molecule has 0 unspecified atom stereocenters. The van der Waals surface area contributed by atoms with Gasteiger partial charge in [0, 0.05) is 24.2 Å². The first-order chi connectivity index (χ1) is 12.3. The lowest BCUT2D eigenvalue weighted by molar-refractivity contribution is -0.120. The molecule has 0 aliphatic carbocycles. The summed E-state index contributed by atoms with van der Waals surface area (Å²) in [7, 11) is -3.92. The van der Waals surface area contributed by atoms with E-state index >= 15 is 0 Å². The summed E-state index contributed by atoms with van der Waals surface area (Å²) in [5.74, 6) is 0.267. The zero-order valence-corrected chi connectivity index (χ0v) is 15.5. The van der Waals surface area contributed by atoms with Gasteiger partial charge in [0.15, 0.2) is 6.61 Å². The van der Waals surface area contributed by atoms with Gasteiger partial charge in [0.25, 0.3) is 5.91 Å². The molecule has 8 nitrogen and oxygen atoms in total. The van der Waals surface area contributed by atoms with Gasteiger partial charge in [-0.3, -0.25) is 4.79 Å². The van der Waals surface area contributed by atoms with Gasteiger partial charge in [-0.25, -0.2) is 18.1 Å². The molecule has 1 aliphatic heterocycles. The van der Waals surface area contributed by atoms with E-state index in [0.29, 0.717) is 5.69 Å². The third-order valence-corrected chi connectivity index (χ3v) is 5.62. The van der Waals surface area contributed by atoms with Crippen LogP contribution in [0.4, 0.5) is 0 Å². The van der Waals surface area contributed by atoms with Crippen LogP contribution in [-0.2, 0) is 34.3 Å². The number of fused-ring (bicyclic) bond motifs is 1. The molecule has 2 heterocycles. The largest absolute Gasteiger partial charge is 0.482 e. The maximum atomic E-state index is 12.7. The van der Waals surface area contributed by atoms with Gasteiger partial charge in [-0.1, -0.05) is 11.6 Å². The number of hydrogen-bond donors (Lipinski definition) is 2. The van der Waals surface area contributed by atoms with E-state index in [-0.39, 0.29) is 22.2 Å². The first kappa shape index (κ1) is 18.7. The number of ether oxygens (including phenoxy) is 1. The summed E-state index contributed by atoms with van der Waals surface area (Å²) in [6, 6.07) is 4.12. The van der Waals surface area contributed by atoms with E-state index in [1.807, 2.05) is 10.8 Å². The molecule has 140 valence electrons. The Bertz CT molecular complexity index is 903. The zero-order valence-electron chi connectivity index (χ0n) is 13.9. The third-order valence-electron chi connectivity index (χ3n) is 3.97. The number of benzene rings is 1. The molecule has 0 radical (unpaired) electrons. The number of hydrogen-bond acceptors (Lipinski definition) is 5. The average molecular weight is 399 g/mol. The predicted molar refractivity (Wildman–Crippen MR) is 95.3 cm³/mol. The molecular formula is C16H19ClN4O4S. The minimum Gasteiger partial charge on any atom is -0.482 e. The predicted octanol–water partition coefficient (Wildman–Crippen LogP) is 1.22. The number of primary amides is 1. The molecule has 1 aromatic heterocycles. The molecule has 0 saturated heterocycles. The van der Waals surface area contributed by atoms with Crippen molar-refractivity contribution in [2.75, 3.05) is 6.61 Å². The van der Waals surface area contributed by atoms with Crippen molar-refractivity contribution in [3.8, 4) is 5.75 Å². The van der Waals surface area contributed by atoms with Gasteiger partial charge < -0.3 is 15.0 Å². The SMILES string of the molecule is NC(=O)COc1ccc(Cl)cc1S(=O)(=O)NCc1cn2c(n1)CCCC2. The second-order valence-electron chi connectivity index (χ2n) is 5.97. The summed E-state index contributed by atoms with van der Waals surface area (Å²) in [6.07, 6.45) is 4.94. The molecule has 0 bridgehead atoms. The van der Waals surface area contributed by atoms with Gasteiger partial charge in [0.05, 0.1) is 12.2 Å². The lowest BCUT2D eigenvalue weighted by atomic mass is 10.2. The Kier molecular flexibility index (Phi) is 5.49. The molecular weight excluding hydrogens is 380 g/mol. The molecule has 0 atom stereocenters. The zero-order chi connectivity index (χ0) is 18.7. The monoisotopic (exact) mass is 398 g/mol. The summed E-state index contributed by atoms with van der Waals surface area (Å²) in [5, 5.41) is 0.231. The number of nitrogens with two attached hydrogens (primary N) is 1. The second-order valence-corrected chi connectivity index (χ2v) is 8.14. The Morgan fingerprint density at radius 3 is 2.92 bits per heavy atom. The summed E-state index contributed by atoms with van der Waals surface area (Å²) in [4.78, 5) is 15.2. The van der Waals surface area contributed by atoms with Crippen LogP contribution in [0, 0.1) is 0 Å². The minimum absolute atomic E-state index is 0.00448. The topological polar surface area (TPSA) is 116 Å². The maximum absolute atomic E-state index is 12.7. The van der Waals surface area contributed by atoms with Gasteiger partial charge in [-0.15, -0.1) is 0 Å². The molecule has 0 fully saturated rings. The fraction of sp³-hybridized carbons (Fsp3) is 0.375. The molecule has 3 rings (SSSR count). The molecule has 1 aliphatic rings. The molecule has 2 aromatic rings. The Morgan fingerprint density at radius 1 is 1.38 bits per heavy atom. The number of aryl methyl sites for hydroxylation is 2. The molecule has 3 N–H and O–H groups in total. The Hall–Kier alpha value is -2.10. The number of imidazole rings is 1. The fourth-order valence-corrected chi connectivity index (χ4v) is 4.17. The fourth-order valence-electron chi connectivity index (χ4n) is 2.76. The second kappa shape index (κ2) is 7.65. The smallest absolute Gasteiger partial charge is 0.255 e. The van der Waals surface area contributed by atoms with Crippen molar-refractivity contribution in [3.05, 3.63) is 40.9 Å². The standard InChI is InChI=1S/C16H19ClN4O4S/c17-11-4-5-13(25-10-15(18)22)14(7-11)26(23,24)19-8-12-9-21-6-2-1-3-16(21)20-12/h4-5,7,9,19H,1-3,6,8,10H2,(H2,18,22). The van der Waals surface area contributed by atoms with E-state index in [2.05, 4.69) is 9.71 Å². The maximum Gasteiger partial charge on any atom is 0.255 e. The summed E-state index contributed by atoms with van der Waals surface area (Å²) >= 11 is 5.92. The van der Waals surface area contributed by atoms with Crippen LogP contribution < -0.4 is 15.2 Å². The van der Waals surface area contributed by atoms with E-state index in [9.17, 15) is 13.2 Å². The van der Waals surface area contributed by atoms with Crippen LogP contribution in [0.3, 0.4) is 0 Å². The van der Waals surface area contributed by atoms with E-state index in [1.54, 1.807) is 0 Å². The average Bonchev–Trinajstić information content (AvgIpc) is 3.02. The van der Waals surface area contributed by atoms with Crippen molar-refractivity contribution in [1.29, 1.82) is 0 Å². The lowest BCUT2D eigenvalue weighted by Gasteiger charge is -2.12. The third kappa shape index (κ3) is 4.35. The Labute approximate surface area is 156 Å². The number of aromatic nitrogens is 2. The van der Waals surface area contributed by atoms with E-state index < -0.39 is 22.5 Å². The van der Waals surface area contributed by atoms with Crippen molar-refractivity contribution >= 4 is 27.5 Å². The number of halogens is 1. The van der Waals surface area contributed by atoms with Crippen molar-refractivity contribution in [1.82, 2.24) is 14.3 Å². The molecule has 10 heteroatoms. The van der Waals surface area contributed by atoms with Crippen molar-refractivity contribution in [2.45, 2.75) is 37.2 Å². The molecule has 0 saturated carbocycles. The van der Waals surface area contributed by atoms with Crippen molar-refractivity contribution in [2.24, 2.45) is 5.73 Å². The normalized spacial score (nSPS) is 14.0. The van der Waals surface area contributed by atoms with Crippen LogP contribution in [0.2, 0.25) is 5.02 Å². The van der Waals surface area contributed by atoms with Crippen LogP contribution >= 0.6 is 11.6 Å². The van der Waals surface area contributed by atoms with Crippen molar-refractivity contribution < 1.29 is 17.9 Å². The number of nitrogens with one attached hydrogen (secondary N) is 1. The first-order valence-corrected chi connectivity index (χ1v) is 9.96. The van der Waals surface area contributed by atoms with Crippen LogP contribution in [0.1, 0.15) is 24.4 Å². The number of amides is 1. The van der Waals surface area contributed by atoms with Crippen LogP contribution in [-0.4, -0.2) is 30.5 Å². The Morgan fingerprint density at radius 2 is 2.19 bits per heavy atom. The highest BCUT2D eigenvalue weighted by molar-refractivity contribution is 7.89. The van der Waals surface area contributed by atoms with Gasteiger partial charge in [-0.05, 0) is 31.0 Å². The molecule has 0 spiro atoms. The van der Waals surface area contributed by atoms with E-state index in [4.69, 9.17) is 22.1 Å². The summed E-state index contributed by atoms with van der Waals surface area (Å²) < 4.78 is 35.1. The first-order valence-electron chi connectivity index (χ1n) is 8.10. The minimum atomic E-state index is -3.92. The Balaban J connectivity index is 1.78. The van der Waals surface area contributed by atoms with Gasteiger partial charge >= 0.3 is 0 Å². The van der Waals surface area contributed by atoms with Crippen LogP contribution in [0.15, 0.2) is 29.3 Å². The molecule has 26 heavy (non-hydrogen) atoms. The number of rotatable bonds is 7.